The summed E-state index contributed by atoms with van der Waals surface area (Å²) in [6, 6.07) is 13.9. The molecule has 0 aliphatic carbocycles. The molecule has 3 aromatic rings. The van der Waals surface area contributed by atoms with Gasteiger partial charge in [-0.05, 0) is 24.6 Å². The minimum atomic E-state index is 0.598. The Hall–Kier alpha value is -2.07. The van der Waals surface area contributed by atoms with E-state index in [0.29, 0.717) is 4.64 Å². The van der Waals surface area contributed by atoms with Crippen LogP contribution in [0.3, 0.4) is 0 Å². The highest BCUT2D eigenvalue weighted by atomic mass is 32.1. The van der Waals surface area contributed by atoms with Crippen LogP contribution in [0.25, 0.3) is 22.4 Å². The minimum Gasteiger partial charge on any atom is -0.342 e. The molecule has 1 N–H and O–H groups in total. The first kappa shape index (κ1) is 12.0. The highest BCUT2D eigenvalue weighted by Gasteiger charge is 2.04. The molecule has 0 atom stereocenters. The van der Waals surface area contributed by atoms with Crippen molar-refractivity contribution in [3.63, 3.8) is 0 Å². The van der Waals surface area contributed by atoms with Crippen LogP contribution in [0, 0.1) is 4.64 Å². The van der Waals surface area contributed by atoms with E-state index in [9.17, 15) is 0 Å². The minimum absolute atomic E-state index is 0.598. The molecule has 0 bridgehead atoms. The van der Waals surface area contributed by atoms with E-state index < -0.39 is 0 Å². The molecule has 0 fully saturated rings. The first-order valence-corrected chi connectivity index (χ1v) is 6.63. The molecule has 19 heavy (non-hydrogen) atoms. The van der Waals surface area contributed by atoms with Crippen LogP contribution in [0.4, 0.5) is 0 Å². The number of nitrogens with one attached hydrogen (secondary N) is 1. The summed E-state index contributed by atoms with van der Waals surface area (Å²) in [4.78, 5) is 12.3. The largest absolute Gasteiger partial charge is 0.342 e. The van der Waals surface area contributed by atoms with Crippen molar-refractivity contribution in [3.8, 4) is 11.5 Å². The van der Waals surface area contributed by atoms with Crippen LogP contribution in [0.1, 0.15) is 12.6 Å². The maximum atomic E-state index is 5.19. The number of hydrogen-bond donors (Lipinski definition) is 1. The van der Waals surface area contributed by atoms with Gasteiger partial charge >= 0.3 is 0 Å². The summed E-state index contributed by atoms with van der Waals surface area (Å²) in [5.74, 6) is 0.732. The van der Waals surface area contributed by atoms with Gasteiger partial charge < -0.3 is 4.98 Å². The smallest absolute Gasteiger partial charge is 0.157 e. The zero-order chi connectivity index (χ0) is 13.2. The Labute approximate surface area is 116 Å². The summed E-state index contributed by atoms with van der Waals surface area (Å²) in [7, 11) is 0. The van der Waals surface area contributed by atoms with Gasteiger partial charge in [-0.1, -0.05) is 43.4 Å². The predicted octanol–water partition coefficient (Wildman–Crippen LogP) is 3.92. The molecule has 94 valence electrons. The zero-order valence-corrected chi connectivity index (χ0v) is 11.4. The number of aromatic amines is 1. The number of H-pyrrole nitrogens is 1. The number of rotatable bonds is 2. The second kappa shape index (κ2) is 4.90. The first-order valence-electron chi connectivity index (χ1n) is 6.22. The molecular weight excluding hydrogens is 254 g/mol. The van der Waals surface area contributed by atoms with Crippen molar-refractivity contribution in [3.05, 3.63) is 52.8 Å². The third-order valence-corrected chi connectivity index (χ3v) is 3.23. The molecule has 0 radical (unpaired) electrons. The fraction of sp³-hybridized carbons (Fsp3) is 0.133. The number of para-hydroxylation sites is 1. The molecular formula is C15H13N3S. The van der Waals surface area contributed by atoms with E-state index >= 15 is 0 Å². The first-order chi connectivity index (χ1) is 9.26. The van der Waals surface area contributed by atoms with Gasteiger partial charge in [-0.2, -0.15) is 0 Å². The van der Waals surface area contributed by atoms with Gasteiger partial charge in [0.2, 0.25) is 0 Å². The van der Waals surface area contributed by atoms with Gasteiger partial charge in [-0.3, -0.25) is 0 Å². The number of pyridine rings is 1. The average molecular weight is 267 g/mol. The second-order valence-electron chi connectivity index (χ2n) is 4.34. The van der Waals surface area contributed by atoms with Crippen molar-refractivity contribution >= 4 is 23.1 Å². The van der Waals surface area contributed by atoms with Crippen LogP contribution in [0.5, 0.6) is 0 Å². The van der Waals surface area contributed by atoms with Crippen molar-refractivity contribution in [2.24, 2.45) is 0 Å². The summed E-state index contributed by atoms with van der Waals surface area (Å²) in [6.45, 7) is 2.08. The SMILES string of the molecule is CCc1cc(=S)nc(-c2ccc3ccccc3n2)[nH]1. The van der Waals surface area contributed by atoms with Gasteiger partial charge in [-0.25, -0.2) is 9.97 Å². The maximum Gasteiger partial charge on any atom is 0.157 e. The van der Waals surface area contributed by atoms with Gasteiger partial charge in [-0.15, -0.1) is 0 Å². The van der Waals surface area contributed by atoms with E-state index in [2.05, 4.69) is 27.9 Å². The van der Waals surface area contributed by atoms with Crippen LogP contribution in [0.2, 0.25) is 0 Å². The number of hydrogen-bond acceptors (Lipinski definition) is 3. The highest BCUT2D eigenvalue weighted by Crippen LogP contribution is 2.18. The van der Waals surface area contributed by atoms with Gasteiger partial charge in [0.25, 0.3) is 0 Å². The predicted molar refractivity (Wildman–Crippen MR) is 79.5 cm³/mol. The number of benzene rings is 1. The third kappa shape index (κ3) is 2.39. The molecule has 2 aromatic heterocycles. The van der Waals surface area contributed by atoms with Crippen LogP contribution in [0.15, 0.2) is 42.5 Å². The molecule has 4 heteroatoms. The Balaban J connectivity index is 2.18. The van der Waals surface area contributed by atoms with E-state index in [-0.39, 0.29) is 0 Å². The lowest BCUT2D eigenvalue weighted by atomic mass is 10.2. The summed E-state index contributed by atoms with van der Waals surface area (Å²) in [5.41, 5.74) is 2.85. The Bertz CT molecular complexity index is 792. The van der Waals surface area contributed by atoms with Crippen molar-refractivity contribution in [1.29, 1.82) is 0 Å². The quantitative estimate of drug-likeness (QED) is 0.716. The normalized spacial score (nSPS) is 10.8. The molecule has 1 aromatic carbocycles. The summed E-state index contributed by atoms with van der Waals surface area (Å²) < 4.78 is 0.598. The fourth-order valence-corrected chi connectivity index (χ4v) is 2.25. The Morgan fingerprint density at radius 1 is 1.11 bits per heavy atom. The molecule has 0 aliphatic heterocycles. The fourth-order valence-electron chi connectivity index (χ4n) is 2.02. The molecule has 0 aliphatic rings. The van der Waals surface area contributed by atoms with E-state index in [1.54, 1.807) is 0 Å². The van der Waals surface area contributed by atoms with Gasteiger partial charge in [0, 0.05) is 11.1 Å². The number of aryl methyl sites for hydroxylation is 1. The van der Waals surface area contributed by atoms with E-state index in [1.165, 1.54) is 0 Å². The molecule has 0 saturated carbocycles. The lowest BCUT2D eigenvalue weighted by molar-refractivity contribution is 0.993. The van der Waals surface area contributed by atoms with Crippen molar-refractivity contribution in [2.45, 2.75) is 13.3 Å². The Morgan fingerprint density at radius 2 is 1.95 bits per heavy atom. The van der Waals surface area contributed by atoms with Gasteiger partial charge in [0.15, 0.2) is 5.82 Å². The topological polar surface area (TPSA) is 41.6 Å². The number of nitrogens with zero attached hydrogens (tertiary/aromatic N) is 2. The standard InChI is InChI=1S/C15H13N3S/c1-2-11-9-14(19)18-15(16-11)13-8-7-10-5-3-4-6-12(10)17-13/h3-9H,2H2,1H3,(H,16,18,19). The average Bonchev–Trinajstić information content (AvgIpc) is 2.46. The van der Waals surface area contributed by atoms with Crippen LogP contribution in [-0.4, -0.2) is 15.0 Å². The molecule has 3 nitrogen and oxygen atoms in total. The number of fused-ring (bicyclic) bond motifs is 1. The van der Waals surface area contributed by atoms with Crippen LogP contribution >= 0.6 is 12.2 Å². The lowest BCUT2D eigenvalue weighted by Gasteiger charge is -2.05. The van der Waals surface area contributed by atoms with E-state index in [4.69, 9.17) is 12.2 Å². The van der Waals surface area contributed by atoms with Gasteiger partial charge in [0.1, 0.15) is 10.3 Å². The molecule has 0 saturated heterocycles. The van der Waals surface area contributed by atoms with E-state index in [1.807, 2.05) is 36.4 Å². The molecule has 0 amide bonds. The van der Waals surface area contributed by atoms with Crippen molar-refractivity contribution < 1.29 is 0 Å². The molecule has 0 unspecified atom stereocenters. The van der Waals surface area contributed by atoms with Crippen molar-refractivity contribution in [1.82, 2.24) is 15.0 Å². The third-order valence-electron chi connectivity index (χ3n) is 3.02. The molecule has 2 heterocycles. The Kier molecular flexibility index (Phi) is 3.09. The summed E-state index contributed by atoms with van der Waals surface area (Å²) >= 11 is 5.19. The summed E-state index contributed by atoms with van der Waals surface area (Å²) in [5, 5.41) is 1.12. The maximum absolute atomic E-state index is 5.19. The van der Waals surface area contributed by atoms with Crippen molar-refractivity contribution in [2.75, 3.05) is 0 Å². The zero-order valence-electron chi connectivity index (χ0n) is 10.6. The molecule has 0 spiro atoms. The lowest BCUT2D eigenvalue weighted by Crippen LogP contribution is -1.96. The number of aromatic nitrogens is 3. The van der Waals surface area contributed by atoms with Crippen LogP contribution < -0.4 is 0 Å². The van der Waals surface area contributed by atoms with E-state index in [0.717, 1.165) is 34.5 Å². The Morgan fingerprint density at radius 3 is 2.79 bits per heavy atom. The molecule has 3 rings (SSSR count). The summed E-state index contributed by atoms with van der Waals surface area (Å²) in [6.07, 6.45) is 0.896. The van der Waals surface area contributed by atoms with Crippen LogP contribution in [-0.2, 0) is 6.42 Å². The monoisotopic (exact) mass is 267 g/mol. The second-order valence-corrected chi connectivity index (χ2v) is 4.75. The highest BCUT2D eigenvalue weighted by molar-refractivity contribution is 7.71. The van der Waals surface area contributed by atoms with Gasteiger partial charge in [0.05, 0.1) is 5.52 Å².